The number of hydrogen-bond acceptors (Lipinski definition) is 6. The van der Waals surface area contributed by atoms with E-state index in [9.17, 15) is 9.59 Å². The lowest BCUT2D eigenvalue weighted by molar-refractivity contribution is -0.119. The van der Waals surface area contributed by atoms with Gasteiger partial charge < -0.3 is 26.4 Å². The Balaban J connectivity index is 2.50. The molecule has 0 unspecified atom stereocenters. The first-order chi connectivity index (χ1) is 15.9. The van der Waals surface area contributed by atoms with Crippen molar-refractivity contribution in [3.63, 3.8) is 0 Å². The summed E-state index contributed by atoms with van der Waals surface area (Å²) in [5.41, 5.74) is 7.88. The molecular weight excluding hydrogens is 420 g/mol. The first kappa shape index (κ1) is 25.4. The maximum Gasteiger partial charge on any atom is 0.271 e. The van der Waals surface area contributed by atoms with Crippen LogP contribution in [-0.2, 0) is 9.59 Å². The molecule has 1 aliphatic carbocycles. The summed E-state index contributed by atoms with van der Waals surface area (Å²) in [5, 5.41) is 16.8. The van der Waals surface area contributed by atoms with Crippen LogP contribution in [0, 0.1) is 11.3 Å². The van der Waals surface area contributed by atoms with E-state index in [1.54, 1.807) is 13.2 Å². The highest BCUT2D eigenvalue weighted by Crippen LogP contribution is 2.35. The van der Waals surface area contributed by atoms with Crippen LogP contribution < -0.4 is 26.4 Å². The molecular formula is C24H32N6O3. The maximum absolute atomic E-state index is 12.2. The van der Waals surface area contributed by atoms with E-state index < -0.39 is 5.91 Å². The number of nitrogens with one attached hydrogen (secondary N) is 4. The third-order valence-electron chi connectivity index (χ3n) is 4.81. The Labute approximate surface area is 194 Å². The predicted octanol–water partition coefficient (Wildman–Crippen LogP) is 2.58. The minimum absolute atomic E-state index is 0.0814. The molecule has 176 valence electrons. The summed E-state index contributed by atoms with van der Waals surface area (Å²) in [6.07, 6.45) is 9.65. The number of nitrogens with zero attached hydrogens (tertiary/aromatic N) is 1. The second-order valence-electron chi connectivity index (χ2n) is 7.37. The van der Waals surface area contributed by atoms with Crippen molar-refractivity contribution in [2.45, 2.75) is 26.2 Å². The molecule has 1 aliphatic rings. The Morgan fingerprint density at radius 3 is 2.61 bits per heavy atom. The second-order valence-corrected chi connectivity index (χ2v) is 7.37. The summed E-state index contributed by atoms with van der Waals surface area (Å²) in [6.45, 7) is 2.05. The maximum atomic E-state index is 12.2. The number of hydrogen-bond donors (Lipinski definition) is 5. The van der Waals surface area contributed by atoms with Gasteiger partial charge in [-0.2, -0.15) is 4.99 Å². The van der Waals surface area contributed by atoms with Crippen molar-refractivity contribution in [3.05, 3.63) is 53.9 Å². The summed E-state index contributed by atoms with van der Waals surface area (Å²) < 4.78 is 5.68. The zero-order valence-electron chi connectivity index (χ0n) is 19.5. The molecule has 0 aliphatic heterocycles. The zero-order valence-corrected chi connectivity index (χ0v) is 19.5. The topological polar surface area (TPSA) is 142 Å². The van der Waals surface area contributed by atoms with Gasteiger partial charge in [0.25, 0.3) is 11.8 Å². The van der Waals surface area contributed by atoms with Crippen molar-refractivity contribution in [2.24, 2.45) is 16.6 Å². The lowest BCUT2D eigenvalue weighted by atomic mass is 10.0. The number of benzene rings is 1. The SMILES string of the molecule is CC/C=C\C(=C/NC)c1cccc(N/C(=C/C(N)=NC(=O)C2CC2)C(=N)C(=O)NC)c1OC. The third-order valence-corrected chi connectivity index (χ3v) is 4.81. The number of para-hydroxylation sites is 1. The fraction of sp³-hybridized carbons (Fsp3) is 0.333. The minimum atomic E-state index is -0.619. The molecule has 0 atom stereocenters. The van der Waals surface area contributed by atoms with Crippen molar-refractivity contribution in [2.75, 3.05) is 26.5 Å². The number of anilines is 1. The fourth-order valence-corrected chi connectivity index (χ4v) is 2.99. The van der Waals surface area contributed by atoms with E-state index in [0.717, 1.165) is 30.4 Å². The number of amidine groups is 1. The van der Waals surface area contributed by atoms with E-state index in [1.807, 2.05) is 44.5 Å². The van der Waals surface area contributed by atoms with E-state index in [-0.39, 0.29) is 29.1 Å². The number of rotatable bonds is 11. The van der Waals surface area contributed by atoms with Crippen LogP contribution in [-0.4, -0.2) is 44.6 Å². The van der Waals surface area contributed by atoms with Gasteiger partial charge in [0, 0.05) is 43.4 Å². The molecule has 2 rings (SSSR count). The minimum Gasteiger partial charge on any atom is -0.494 e. The number of carbonyl (C=O) groups excluding carboxylic acids is 2. The lowest BCUT2D eigenvalue weighted by Crippen LogP contribution is -2.31. The number of carbonyl (C=O) groups is 2. The molecule has 1 aromatic carbocycles. The number of aliphatic imine (C=N–C) groups is 1. The van der Waals surface area contributed by atoms with Gasteiger partial charge in [0.2, 0.25) is 0 Å². The fourth-order valence-electron chi connectivity index (χ4n) is 2.99. The standard InChI is InChI=1S/C24H32N6O3/c1-5-6-8-16(14-27-2)17-9-7-10-18(22(17)33-4)29-19(21(26)24(32)28-3)13-20(25)30-23(31)15-11-12-15/h6-10,13-15,26-27,29H,5,11-12H2,1-4H3,(H,28,32)(H2,25,30,31)/b8-6-,16-14+,19-13+,26-21?. The lowest BCUT2D eigenvalue weighted by Gasteiger charge is -2.18. The van der Waals surface area contributed by atoms with E-state index in [1.165, 1.54) is 13.1 Å². The van der Waals surface area contributed by atoms with Crippen LogP contribution in [0.4, 0.5) is 5.69 Å². The number of ether oxygens (including phenoxy) is 1. The molecule has 0 heterocycles. The molecule has 0 bridgehead atoms. The normalized spacial score (nSPS) is 14.7. The van der Waals surface area contributed by atoms with Gasteiger partial charge in [0.15, 0.2) is 0 Å². The average molecular weight is 453 g/mol. The summed E-state index contributed by atoms with van der Waals surface area (Å²) in [4.78, 5) is 28.1. The van der Waals surface area contributed by atoms with Crippen LogP contribution in [0.3, 0.4) is 0 Å². The Morgan fingerprint density at radius 1 is 1.30 bits per heavy atom. The molecule has 6 N–H and O–H groups in total. The molecule has 9 nitrogen and oxygen atoms in total. The molecule has 1 fully saturated rings. The van der Waals surface area contributed by atoms with E-state index >= 15 is 0 Å². The molecule has 0 aromatic heterocycles. The van der Waals surface area contributed by atoms with Gasteiger partial charge in [-0.1, -0.05) is 31.2 Å². The van der Waals surface area contributed by atoms with Crippen molar-refractivity contribution < 1.29 is 14.3 Å². The first-order valence-corrected chi connectivity index (χ1v) is 10.7. The smallest absolute Gasteiger partial charge is 0.271 e. The van der Waals surface area contributed by atoms with Gasteiger partial charge >= 0.3 is 0 Å². The van der Waals surface area contributed by atoms with E-state index in [0.29, 0.717) is 11.4 Å². The van der Waals surface area contributed by atoms with Crippen molar-refractivity contribution in [1.82, 2.24) is 10.6 Å². The summed E-state index contributed by atoms with van der Waals surface area (Å²) in [5.74, 6) is -0.567. The Kier molecular flexibility index (Phi) is 9.41. The van der Waals surface area contributed by atoms with Crippen LogP contribution in [0.2, 0.25) is 0 Å². The van der Waals surface area contributed by atoms with Crippen LogP contribution in [0.5, 0.6) is 5.75 Å². The molecule has 1 aromatic rings. The largest absolute Gasteiger partial charge is 0.494 e. The van der Waals surface area contributed by atoms with E-state index in [4.69, 9.17) is 15.9 Å². The highest BCUT2D eigenvalue weighted by atomic mass is 16.5. The van der Waals surface area contributed by atoms with Gasteiger partial charge in [0.05, 0.1) is 18.5 Å². The van der Waals surface area contributed by atoms with Crippen LogP contribution in [0.1, 0.15) is 31.7 Å². The molecule has 0 radical (unpaired) electrons. The number of allylic oxidation sites excluding steroid dienone is 3. The highest BCUT2D eigenvalue weighted by Gasteiger charge is 2.29. The Morgan fingerprint density at radius 2 is 2.03 bits per heavy atom. The quantitative estimate of drug-likeness (QED) is 0.198. The highest BCUT2D eigenvalue weighted by molar-refractivity contribution is 6.45. The van der Waals surface area contributed by atoms with Gasteiger partial charge in [-0.05, 0) is 25.3 Å². The molecule has 0 saturated heterocycles. The van der Waals surface area contributed by atoms with E-state index in [2.05, 4.69) is 20.9 Å². The summed E-state index contributed by atoms with van der Waals surface area (Å²) in [7, 11) is 4.78. The monoisotopic (exact) mass is 452 g/mol. The Bertz CT molecular complexity index is 1020. The van der Waals surface area contributed by atoms with Gasteiger partial charge in [-0.25, -0.2) is 0 Å². The van der Waals surface area contributed by atoms with Crippen molar-refractivity contribution in [3.8, 4) is 5.75 Å². The number of methoxy groups -OCH3 is 1. The summed E-state index contributed by atoms with van der Waals surface area (Å²) >= 11 is 0. The van der Waals surface area contributed by atoms with Gasteiger partial charge in [-0.3, -0.25) is 15.0 Å². The molecule has 1 saturated carbocycles. The van der Waals surface area contributed by atoms with Crippen LogP contribution in [0.25, 0.3) is 5.57 Å². The molecule has 0 spiro atoms. The average Bonchev–Trinajstić information content (AvgIpc) is 3.65. The van der Waals surface area contributed by atoms with Gasteiger partial charge in [-0.15, -0.1) is 0 Å². The molecule has 2 amide bonds. The van der Waals surface area contributed by atoms with Crippen LogP contribution in [0.15, 0.2) is 53.3 Å². The second kappa shape index (κ2) is 12.2. The molecule has 33 heavy (non-hydrogen) atoms. The molecule has 9 heteroatoms. The Hall–Kier alpha value is -3.88. The van der Waals surface area contributed by atoms with Crippen molar-refractivity contribution in [1.29, 1.82) is 5.41 Å². The third kappa shape index (κ3) is 7.06. The number of amides is 2. The van der Waals surface area contributed by atoms with Crippen molar-refractivity contribution >= 4 is 34.6 Å². The van der Waals surface area contributed by atoms with Crippen LogP contribution >= 0.6 is 0 Å². The first-order valence-electron chi connectivity index (χ1n) is 10.7. The van der Waals surface area contributed by atoms with Gasteiger partial charge in [0.1, 0.15) is 17.3 Å². The zero-order chi connectivity index (χ0) is 24.4. The predicted molar refractivity (Wildman–Crippen MR) is 132 cm³/mol. The number of nitrogens with two attached hydrogens (primary N) is 1. The summed E-state index contributed by atoms with van der Waals surface area (Å²) in [6, 6.07) is 5.50.